The molecule has 0 saturated heterocycles. The smallest absolute Gasteiger partial charge is 0.272 e. The number of amides is 3. The lowest BCUT2D eigenvalue weighted by Crippen LogP contribution is -2.30. The molecular formula is C34H31N3O6S. The molecule has 10 heteroatoms. The van der Waals surface area contributed by atoms with Gasteiger partial charge in [-0.15, -0.1) is 11.8 Å². The van der Waals surface area contributed by atoms with Crippen molar-refractivity contribution < 1.29 is 28.6 Å². The van der Waals surface area contributed by atoms with Crippen LogP contribution in [0.2, 0.25) is 0 Å². The molecule has 4 aromatic carbocycles. The third-order valence-electron chi connectivity index (χ3n) is 6.64. The molecule has 0 aromatic heterocycles. The summed E-state index contributed by atoms with van der Waals surface area (Å²) in [6.07, 6.45) is 2.15. The first-order chi connectivity index (χ1) is 21.4. The van der Waals surface area contributed by atoms with Crippen molar-refractivity contribution in [2.24, 2.45) is 0 Å². The molecule has 1 atom stereocenters. The van der Waals surface area contributed by atoms with Gasteiger partial charge >= 0.3 is 0 Å². The van der Waals surface area contributed by atoms with Crippen LogP contribution < -0.4 is 30.2 Å². The lowest BCUT2D eigenvalue weighted by atomic mass is 10.1. The van der Waals surface area contributed by atoms with Crippen molar-refractivity contribution in [3.05, 3.63) is 114 Å². The van der Waals surface area contributed by atoms with E-state index < -0.39 is 17.1 Å². The Morgan fingerprint density at radius 1 is 0.864 bits per heavy atom. The number of carbonyl (C=O) groups is 3. The van der Waals surface area contributed by atoms with Crippen molar-refractivity contribution in [3.8, 4) is 17.2 Å². The number of anilines is 2. The molecule has 0 saturated carbocycles. The average molecular weight is 610 g/mol. The highest BCUT2D eigenvalue weighted by molar-refractivity contribution is 8.00. The van der Waals surface area contributed by atoms with Crippen molar-refractivity contribution in [2.75, 3.05) is 24.5 Å². The molecule has 5 rings (SSSR count). The van der Waals surface area contributed by atoms with Crippen LogP contribution in [-0.2, 0) is 9.59 Å². The van der Waals surface area contributed by atoms with Crippen LogP contribution in [0.5, 0.6) is 17.2 Å². The number of methoxy groups -OCH3 is 1. The van der Waals surface area contributed by atoms with Gasteiger partial charge in [-0.3, -0.25) is 14.4 Å². The predicted octanol–water partition coefficient (Wildman–Crippen LogP) is 6.34. The second kappa shape index (κ2) is 14.3. The summed E-state index contributed by atoms with van der Waals surface area (Å²) in [4.78, 5) is 40.4. The van der Waals surface area contributed by atoms with E-state index in [4.69, 9.17) is 14.2 Å². The summed E-state index contributed by atoms with van der Waals surface area (Å²) in [5.74, 6) is 0.682. The maximum absolute atomic E-state index is 13.5. The quantitative estimate of drug-likeness (QED) is 0.134. The van der Waals surface area contributed by atoms with Gasteiger partial charge in [0.1, 0.15) is 11.4 Å². The van der Waals surface area contributed by atoms with Gasteiger partial charge in [0.15, 0.2) is 11.5 Å². The minimum atomic E-state index is -0.519. The zero-order valence-electron chi connectivity index (χ0n) is 24.2. The number of thioether (sulfide) groups is 1. The van der Waals surface area contributed by atoms with Gasteiger partial charge in [-0.1, -0.05) is 49.4 Å². The van der Waals surface area contributed by atoms with Crippen molar-refractivity contribution in [3.63, 3.8) is 0 Å². The number of nitrogens with one attached hydrogen (secondary N) is 3. The fraction of sp³-hybridized carbons (Fsp3) is 0.147. The summed E-state index contributed by atoms with van der Waals surface area (Å²) >= 11 is 1.39. The molecule has 0 bridgehead atoms. The largest absolute Gasteiger partial charge is 0.496 e. The van der Waals surface area contributed by atoms with Gasteiger partial charge in [0.25, 0.3) is 11.8 Å². The third-order valence-corrected chi connectivity index (χ3v) is 8.00. The van der Waals surface area contributed by atoms with E-state index in [2.05, 4.69) is 16.0 Å². The summed E-state index contributed by atoms with van der Waals surface area (Å²) in [5, 5.41) is 8.18. The molecule has 0 fully saturated rings. The van der Waals surface area contributed by atoms with Crippen LogP contribution in [0.1, 0.15) is 29.3 Å². The summed E-state index contributed by atoms with van der Waals surface area (Å²) < 4.78 is 16.2. The summed E-state index contributed by atoms with van der Waals surface area (Å²) in [6.45, 7) is 2.09. The van der Waals surface area contributed by atoms with Crippen molar-refractivity contribution in [2.45, 2.75) is 23.5 Å². The topological polar surface area (TPSA) is 115 Å². The highest BCUT2D eigenvalue weighted by atomic mass is 32.2. The van der Waals surface area contributed by atoms with E-state index in [9.17, 15) is 14.4 Å². The van der Waals surface area contributed by atoms with Gasteiger partial charge in [-0.25, -0.2) is 0 Å². The number of carbonyl (C=O) groups excluding carboxylic acids is 3. The first-order valence-corrected chi connectivity index (χ1v) is 14.8. The monoisotopic (exact) mass is 609 g/mol. The van der Waals surface area contributed by atoms with Gasteiger partial charge in [-0.2, -0.15) is 0 Å². The summed E-state index contributed by atoms with van der Waals surface area (Å²) in [6, 6.07) is 28.3. The Kier molecular flexibility index (Phi) is 9.83. The van der Waals surface area contributed by atoms with Crippen LogP contribution in [0, 0.1) is 0 Å². The molecule has 1 aliphatic rings. The maximum Gasteiger partial charge on any atom is 0.272 e. The Balaban J connectivity index is 1.31. The molecule has 0 aliphatic carbocycles. The normalized spacial score (nSPS) is 12.6. The molecule has 1 aliphatic heterocycles. The highest BCUT2D eigenvalue weighted by Gasteiger charge is 2.21. The van der Waals surface area contributed by atoms with Gasteiger partial charge in [-0.05, 0) is 61.0 Å². The molecule has 44 heavy (non-hydrogen) atoms. The molecule has 0 radical (unpaired) electrons. The number of hydrogen-bond acceptors (Lipinski definition) is 7. The molecule has 3 N–H and O–H groups in total. The van der Waals surface area contributed by atoms with Gasteiger partial charge < -0.3 is 30.2 Å². The van der Waals surface area contributed by atoms with Crippen molar-refractivity contribution >= 4 is 46.9 Å². The van der Waals surface area contributed by atoms with E-state index in [1.165, 1.54) is 18.9 Å². The SMILES string of the molecule is CCC(Sc1cccc(NC(=O)/C(=C\c2ccccc2OC)NC(=O)c2ccccc2)c1)C(=O)Nc1ccc2c(c1)OCO2. The van der Waals surface area contributed by atoms with Crippen LogP contribution in [-0.4, -0.2) is 36.9 Å². The Morgan fingerprint density at radius 3 is 2.41 bits per heavy atom. The third kappa shape index (κ3) is 7.59. The Hall–Kier alpha value is -5.22. The van der Waals surface area contributed by atoms with E-state index in [0.29, 0.717) is 46.2 Å². The first-order valence-electron chi connectivity index (χ1n) is 13.9. The van der Waals surface area contributed by atoms with E-state index >= 15 is 0 Å². The van der Waals surface area contributed by atoms with E-state index in [-0.39, 0.29) is 18.4 Å². The van der Waals surface area contributed by atoms with E-state index in [1.807, 2.05) is 31.2 Å². The molecule has 0 spiro atoms. The van der Waals surface area contributed by atoms with Gasteiger partial charge in [0.05, 0.1) is 12.4 Å². The number of fused-ring (bicyclic) bond motifs is 1. The Bertz CT molecular complexity index is 1690. The lowest BCUT2D eigenvalue weighted by Gasteiger charge is -2.16. The minimum Gasteiger partial charge on any atom is -0.496 e. The van der Waals surface area contributed by atoms with Crippen molar-refractivity contribution in [1.82, 2.24) is 5.32 Å². The fourth-order valence-corrected chi connectivity index (χ4v) is 5.43. The van der Waals surface area contributed by atoms with Crippen LogP contribution in [0.15, 0.2) is 108 Å². The zero-order valence-corrected chi connectivity index (χ0v) is 25.0. The van der Waals surface area contributed by atoms with Gasteiger partial charge in [0.2, 0.25) is 12.7 Å². The Labute approximate surface area is 259 Å². The Morgan fingerprint density at radius 2 is 1.61 bits per heavy atom. The minimum absolute atomic E-state index is 0.0379. The number of benzene rings is 4. The molecular weight excluding hydrogens is 578 g/mol. The molecule has 224 valence electrons. The molecule has 1 heterocycles. The lowest BCUT2D eigenvalue weighted by molar-refractivity contribution is -0.116. The van der Waals surface area contributed by atoms with E-state index in [1.54, 1.807) is 78.9 Å². The van der Waals surface area contributed by atoms with Crippen molar-refractivity contribution in [1.29, 1.82) is 0 Å². The van der Waals surface area contributed by atoms with Crippen LogP contribution >= 0.6 is 11.8 Å². The molecule has 9 nitrogen and oxygen atoms in total. The van der Waals surface area contributed by atoms with Crippen LogP contribution in [0.3, 0.4) is 0 Å². The zero-order chi connectivity index (χ0) is 30.9. The second-order valence-corrected chi connectivity index (χ2v) is 11.0. The second-order valence-electron chi connectivity index (χ2n) is 9.67. The summed E-state index contributed by atoms with van der Waals surface area (Å²) in [7, 11) is 1.54. The van der Waals surface area contributed by atoms with Crippen LogP contribution in [0.4, 0.5) is 11.4 Å². The molecule has 3 amide bonds. The number of ether oxygens (including phenoxy) is 3. The summed E-state index contributed by atoms with van der Waals surface area (Å²) in [5.41, 5.74) is 2.19. The number of para-hydroxylation sites is 1. The van der Waals surface area contributed by atoms with E-state index in [0.717, 1.165) is 4.90 Å². The van der Waals surface area contributed by atoms with Crippen LogP contribution in [0.25, 0.3) is 6.08 Å². The predicted molar refractivity (Wildman–Crippen MR) is 171 cm³/mol. The molecule has 4 aromatic rings. The first kappa shape index (κ1) is 30.2. The number of hydrogen-bond donors (Lipinski definition) is 3. The average Bonchev–Trinajstić information content (AvgIpc) is 3.52. The fourth-order valence-electron chi connectivity index (χ4n) is 4.41. The number of rotatable bonds is 11. The van der Waals surface area contributed by atoms with Gasteiger partial charge in [0, 0.05) is 33.5 Å². The maximum atomic E-state index is 13.5. The highest BCUT2D eigenvalue weighted by Crippen LogP contribution is 2.35. The standard InChI is InChI=1S/C34H31N3O6S/c1-3-31(34(40)36-25-16-17-29-30(20-25)43-21-42-29)44-26-14-9-13-24(19-26)35-33(39)27(18-23-12-7-8-15-28(23)41-2)37-32(38)22-10-5-4-6-11-22/h4-20,31H,3,21H2,1-2H3,(H,35,39)(H,36,40)(H,37,38)/b27-18+. The molecule has 1 unspecified atom stereocenters.